The quantitative estimate of drug-likeness (QED) is 0.0408. The largest absolute Gasteiger partial charge is 0.481 e. The van der Waals surface area contributed by atoms with Gasteiger partial charge in [-0.2, -0.15) is 0 Å². The predicted octanol–water partition coefficient (Wildman–Crippen LogP) is 1.32. The average molecular weight is 1390 g/mol. The van der Waals surface area contributed by atoms with E-state index in [1.807, 2.05) is 0 Å². The molecule has 0 bridgehead atoms. The van der Waals surface area contributed by atoms with Gasteiger partial charge >= 0.3 is 65.7 Å². The Morgan fingerprint density at radius 3 is 0.711 bits per heavy atom. The third-order valence-electron chi connectivity index (χ3n) is 14.8. The van der Waals surface area contributed by atoms with Gasteiger partial charge in [-0.25, -0.2) is 0 Å². The molecule has 0 aliphatic carbocycles. The number of hydrogen-bond donors (Lipinski definition) is 16. The molecular weight excluding hydrogens is 1300 g/mol. The van der Waals surface area contributed by atoms with E-state index < -0.39 is 299 Å². The van der Waals surface area contributed by atoms with Crippen LogP contribution in [0.1, 0.15) is 195 Å². The van der Waals surface area contributed by atoms with Crippen LogP contribution in [0.2, 0.25) is 0 Å². The van der Waals surface area contributed by atoms with Crippen molar-refractivity contribution in [2.75, 3.05) is 0 Å². The molecular formula is C61H91N5O31. The monoisotopic (exact) mass is 1390 g/mol. The summed E-state index contributed by atoms with van der Waals surface area (Å²) in [5.74, 6) is -29.3. The maximum Gasteiger partial charge on any atom is 0.306 e. The number of aliphatic carboxylic acids is 11. The van der Waals surface area contributed by atoms with E-state index in [4.69, 9.17) is 20.4 Å². The molecule has 36 nitrogen and oxygen atoms in total. The molecule has 0 heterocycles. The summed E-state index contributed by atoms with van der Waals surface area (Å²) in [6.07, 6.45) is -12.4. The maximum atomic E-state index is 13.9. The number of carbonyl (C=O) groups is 20. The van der Waals surface area contributed by atoms with Crippen LogP contribution in [0.3, 0.4) is 0 Å². The molecule has 10 atom stereocenters. The lowest BCUT2D eigenvalue weighted by atomic mass is 9.88. The summed E-state index contributed by atoms with van der Waals surface area (Å²) in [4.78, 5) is 243. The molecule has 0 radical (unpaired) electrons. The highest BCUT2D eigenvalue weighted by atomic mass is 16.4. The van der Waals surface area contributed by atoms with Crippen molar-refractivity contribution >= 4 is 118 Å². The molecule has 0 aliphatic rings. The maximum absolute atomic E-state index is 13.9. The minimum atomic E-state index is -1.76. The molecule has 4 amide bonds. The Labute approximate surface area is 555 Å². The van der Waals surface area contributed by atoms with Gasteiger partial charge in [-0.1, -0.05) is 6.92 Å². The number of amides is 4. The molecule has 0 unspecified atom stereocenters. The van der Waals surface area contributed by atoms with Crippen LogP contribution in [0.5, 0.6) is 0 Å². The van der Waals surface area contributed by atoms with E-state index in [-0.39, 0.29) is 38.5 Å². The molecule has 0 aliphatic heterocycles. The lowest BCUT2D eigenvalue weighted by Crippen LogP contribution is -2.50. The molecule has 0 saturated heterocycles. The Hall–Kier alpha value is -9.64. The number of Topliss-reactive ketones (excluding diaryl/α,β-unsaturated/α-hetero) is 5. The Kier molecular flexibility index (Phi) is 42.8. The predicted molar refractivity (Wildman–Crippen MR) is 328 cm³/mol. The second-order valence-corrected chi connectivity index (χ2v) is 24.0. The first-order valence-corrected chi connectivity index (χ1v) is 30.9. The first kappa shape index (κ1) is 89.4. The topological polar surface area (TPSA) is 624 Å². The number of carbonyl (C=O) groups excluding carboxylic acids is 9. The zero-order valence-corrected chi connectivity index (χ0v) is 54.5. The van der Waals surface area contributed by atoms with Crippen LogP contribution in [0, 0.1) is 29.6 Å². The van der Waals surface area contributed by atoms with Crippen molar-refractivity contribution in [3.63, 3.8) is 0 Å². The van der Waals surface area contributed by atoms with Gasteiger partial charge in [0.25, 0.3) is 0 Å². The van der Waals surface area contributed by atoms with Gasteiger partial charge in [0.15, 0.2) is 28.9 Å². The standard InChI is InChI=1S/C43H64N4O21.C18H27NO10/c1-22(48)26(8-15-36(58)59)44-40(66)23(5-12-33(52)53)19-30(49)27(9-16-37(60)61)45-41(67)24(6-13-34(54)55)20-31(50)28(10-17-38(62)63)46-42(68)25(7-14-35(56)57)21-32(51)29(11-18-39(64)65)47-43(2,3)4;1-2-10(3-6-14(21)22)17(27)19-12(5-8-16(25)26)13(20)9-11(18(28)29)4-7-15(23)24/h23-29,47H,5-21H2,1-4H3,(H,44,66)(H,45,67)(H,46,68)(H,52,53)(H,54,55)(H,56,57)(H,58,59)(H,60,61)(H,62,63)(H,64,65);10-12H,2-9H2,1H3,(H,19,27)(H,21,22)(H,23,24)(H,25,26)(H,28,29)/t23-,24-,25-,26+,27+,28+,29+;10-,11+,12-/m10/s1. The van der Waals surface area contributed by atoms with Gasteiger partial charge in [0.2, 0.25) is 23.6 Å². The second kappa shape index (κ2) is 46.5. The van der Waals surface area contributed by atoms with Gasteiger partial charge in [-0.3, -0.25) is 95.9 Å². The van der Waals surface area contributed by atoms with Crippen LogP contribution in [0.4, 0.5) is 0 Å². The lowest BCUT2D eigenvalue weighted by molar-refractivity contribution is -0.146. The van der Waals surface area contributed by atoms with Crippen LogP contribution in [-0.4, -0.2) is 210 Å². The number of ketones is 5. The number of carboxylic acid groups (broad SMARTS) is 11. The molecule has 0 spiro atoms. The summed E-state index contributed by atoms with van der Waals surface area (Å²) in [5, 5.41) is 113. The van der Waals surface area contributed by atoms with Crippen molar-refractivity contribution in [3.05, 3.63) is 0 Å². The molecule has 0 aromatic heterocycles. The Morgan fingerprint density at radius 2 is 0.474 bits per heavy atom. The Bertz CT molecular complexity index is 2830. The van der Waals surface area contributed by atoms with Gasteiger partial charge in [-0.05, 0) is 98.3 Å². The van der Waals surface area contributed by atoms with Gasteiger partial charge in [-0.15, -0.1) is 0 Å². The number of hydrogen-bond acceptors (Lipinski definition) is 21. The Balaban J connectivity index is 0. The van der Waals surface area contributed by atoms with Crippen molar-refractivity contribution < 1.29 is 152 Å². The highest BCUT2D eigenvalue weighted by Crippen LogP contribution is 2.23. The van der Waals surface area contributed by atoms with Gasteiger partial charge in [0.1, 0.15) is 0 Å². The van der Waals surface area contributed by atoms with Gasteiger partial charge in [0.05, 0.1) is 36.1 Å². The van der Waals surface area contributed by atoms with Crippen molar-refractivity contribution in [1.82, 2.24) is 26.6 Å². The van der Waals surface area contributed by atoms with Crippen LogP contribution < -0.4 is 26.6 Å². The third kappa shape index (κ3) is 43.1. The van der Waals surface area contributed by atoms with E-state index in [0.717, 1.165) is 6.92 Å². The molecule has 0 aromatic rings. The average Bonchev–Trinajstić information content (AvgIpc) is 0.910. The minimum absolute atomic E-state index is 0.0356. The first-order chi connectivity index (χ1) is 44.9. The smallest absolute Gasteiger partial charge is 0.306 e. The highest BCUT2D eigenvalue weighted by Gasteiger charge is 2.37. The molecule has 0 saturated carbocycles. The molecule has 16 N–H and O–H groups in total. The number of rotatable bonds is 54. The summed E-state index contributed by atoms with van der Waals surface area (Å²) < 4.78 is 0. The molecule has 0 fully saturated rings. The van der Waals surface area contributed by atoms with Crippen molar-refractivity contribution in [2.45, 2.75) is 231 Å². The zero-order chi connectivity index (χ0) is 75.0. The van der Waals surface area contributed by atoms with E-state index >= 15 is 0 Å². The molecule has 36 heteroatoms. The van der Waals surface area contributed by atoms with Crippen LogP contribution in [0.15, 0.2) is 0 Å². The lowest BCUT2D eigenvalue weighted by Gasteiger charge is -2.29. The van der Waals surface area contributed by atoms with Crippen molar-refractivity contribution in [1.29, 1.82) is 0 Å². The normalized spacial score (nSPS) is 14.1. The molecule has 97 heavy (non-hydrogen) atoms. The minimum Gasteiger partial charge on any atom is -0.481 e. The summed E-state index contributed by atoms with van der Waals surface area (Å²) in [5.41, 5.74) is -0.730. The molecule has 0 rings (SSSR count). The summed E-state index contributed by atoms with van der Waals surface area (Å²) in [6.45, 7) is 7.76. The first-order valence-electron chi connectivity index (χ1n) is 30.9. The van der Waals surface area contributed by atoms with Crippen LogP contribution in [-0.2, 0) is 95.9 Å². The number of nitrogens with one attached hydrogen (secondary N) is 5. The third-order valence-corrected chi connectivity index (χ3v) is 14.8. The fourth-order valence-corrected chi connectivity index (χ4v) is 9.49. The van der Waals surface area contributed by atoms with Gasteiger partial charge < -0.3 is 82.8 Å². The van der Waals surface area contributed by atoms with Crippen molar-refractivity contribution in [3.8, 4) is 0 Å². The van der Waals surface area contributed by atoms with E-state index in [1.54, 1.807) is 27.7 Å². The molecule has 0 aromatic carbocycles. The fourth-order valence-electron chi connectivity index (χ4n) is 9.49. The SMILES string of the molecule is CC(=O)[C@H](CCC(=O)O)NC(=O)[C@H](CCC(=O)O)CC(=O)[C@H](CCC(=O)O)NC(=O)[C@H](CCC(=O)O)CC(=O)[C@H](CCC(=O)O)NC(=O)[C@H](CCC(=O)O)CC(=O)[C@H](CCC(=O)O)NC(C)(C)C.CC[C@@H](CCC(=O)O)C(=O)N[C@@H](CCC(=O)O)C(=O)C[C@@H](CCC(=O)O)C(=O)O. The summed E-state index contributed by atoms with van der Waals surface area (Å²) in [6, 6.07) is -7.23. The number of carboxylic acids is 11. The van der Waals surface area contributed by atoms with E-state index in [1.165, 1.54) is 0 Å². The Morgan fingerprint density at radius 1 is 0.278 bits per heavy atom. The van der Waals surface area contributed by atoms with Crippen molar-refractivity contribution in [2.24, 2.45) is 29.6 Å². The zero-order valence-electron chi connectivity index (χ0n) is 54.5. The second-order valence-electron chi connectivity index (χ2n) is 24.0. The summed E-state index contributed by atoms with van der Waals surface area (Å²) >= 11 is 0. The van der Waals surface area contributed by atoms with E-state index in [9.17, 15) is 132 Å². The van der Waals surface area contributed by atoms with Gasteiger partial charge in [0, 0.05) is 119 Å². The highest BCUT2D eigenvalue weighted by molar-refractivity contribution is 5.98. The van der Waals surface area contributed by atoms with E-state index in [0.29, 0.717) is 6.42 Å². The molecule has 546 valence electrons. The van der Waals surface area contributed by atoms with E-state index in [2.05, 4.69) is 26.6 Å². The van der Waals surface area contributed by atoms with Crippen LogP contribution >= 0.6 is 0 Å². The van der Waals surface area contributed by atoms with Crippen LogP contribution in [0.25, 0.3) is 0 Å². The fraction of sp³-hybridized carbons (Fsp3) is 0.672. The summed E-state index contributed by atoms with van der Waals surface area (Å²) in [7, 11) is 0.